The number of aromatic amines is 1. The third-order valence-electron chi connectivity index (χ3n) is 9.92. The second kappa shape index (κ2) is 14.9. The zero-order valence-electron chi connectivity index (χ0n) is 31.0. The van der Waals surface area contributed by atoms with Crippen LogP contribution in [0.25, 0.3) is 11.1 Å². The van der Waals surface area contributed by atoms with E-state index < -0.39 is 29.0 Å². The number of carbonyl (C=O) groups excluding carboxylic acids is 3. The van der Waals surface area contributed by atoms with E-state index in [-0.39, 0.29) is 35.9 Å². The first-order valence-electron chi connectivity index (χ1n) is 18.3. The first kappa shape index (κ1) is 38.0. The average molecular weight is 739 g/mol. The predicted octanol–water partition coefficient (Wildman–Crippen LogP) is 6.74. The van der Waals surface area contributed by atoms with E-state index in [1.807, 2.05) is 39.0 Å². The highest BCUT2D eigenvalue weighted by Gasteiger charge is 2.41. The number of piperidine rings is 1. The summed E-state index contributed by atoms with van der Waals surface area (Å²) < 4.78 is 54.7. The Morgan fingerprint density at radius 3 is 2.26 bits per heavy atom. The molecule has 14 heteroatoms. The summed E-state index contributed by atoms with van der Waals surface area (Å²) in [4.78, 5) is 47.2. The molecule has 1 saturated carbocycles. The maximum Gasteiger partial charge on any atom is 0.416 e. The zero-order chi connectivity index (χ0) is 38.1. The Kier molecular flexibility index (Phi) is 10.7. The van der Waals surface area contributed by atoms with Crippen molar-refractivity contribution < 1.29 is 37.0 Å². The van der Waals surface area contributed by atoms with Crippen molar-refractivity contribution in [3.63, 3.8) is 0 Å². The van der Waals surface area contributed by atoms with Crippen LogP contribution in [0.3, 0.4) is 0 Å². The molecule has 0 spiro atoms. The Bertz CT molecular complexity index is 1780. The molecule has 6 rings (SSSR count). The number of halogens is 3. The van der Waals surface area contributed by atoms with Gasteiger partial charge in [0.1, 0.15) is 11.4 Å². The summed E-state index contributed by atoms with van der Waals surface area (Å²) in [6.45, 7) is 11.3. The van der Waals surface area contributed by atoms with Gasteiger partial charge in [-0.3, -0.25) is 14.7 Å². The number of carbonyl (C=O) groups is 3. The van der Waals surface area contributed by atoms with Crippen LogP contribution in [0.4, 0.5) is 23.7 Å². The summed E-state index contributed by atoms with van der Waals surface area (Å²) in [5.41, 5.74) is -0.676. The molecule has 286 valence electrons. The van der Waals surface area contributed by atoms with Crippen molar-refractivity contribution >= 4 is 23.6 Å². The van der Waals surface area contributed by atoms with Crippen LogP contribution in [0.1, 0.15) is 71.4 Å². The first-order chi connectivity index (χ1) is 25.0. The van der Waals surface area contributed by atoms with Crippen LogP contribution in [0.15, 0.2) is 54.9 Å². The minimum Gasteiger partial charge on any atom is -0.478 e. The van der Waals surface area contributed by atoms with Gasteiger partial charge in [-0.15, -0.1) is 0 Å². The van der Waals surface area contributed by atoms with E-state index in [1.165, 1.54) is 12.3 Å². The molecule has 11 nitrogen and oxygen atoms in total. The SMILES string of the molecule is CC(C)(C)OC(=O)N1CCN(C(=O)C(C)(C)Oc2cccc(N3CCC[C@@H](C(=O)N(Cc4ccc(-c5cn[nH]c5)cc4C(F)(F)F)C4CC4)C3)c2)CC1. The molecule has 0 bridgehead atoms. The first-order valence-corrected chi connectivity index (χ1v) is 18.3. The second-order valence-corrected chi connectivity index (χ2v) is 15.7. The molecule has 3 fully saturated rings. The number of piperazine rings is 1. The smallest absolute Gasteiger partial charge is 0.416 e. The number of hydrogen-bond acceptors (Lipinski definition) is 7. The Morgan fingerprint density at radius 1 is 0.906 bits per heavy atom. The lowest BCUT2D eigenvalue weighted by Gasteiger charge is -2.39. The van der Waals surface area contributed by atoms with Gasteiger partial charge < -0.3 is 29.1 Å². The molecule has 1 N–H and O–H groups in total. The van der Waals surface area contributed by atoms with Gasteiger partial charge in [-0.1, -0.05) is 18.2 Å². The molecule has 1 aromatic heterocycles. The lowest BCUT2D eigenvalue weighted by atomic mass is 9.95. The van der Waals surface area contributed by atoms with Gasteiger partial charge >= 0.3 is 12.3 Å². The number of nitrogens with zero attached hydrogens (tertiary/aromatic N) is 5. The number of anilines is 1. The van der Waals surface area contributed by atoms with Gasteiger partial charge in [0, 0.05) is 75.4 Å². The average Bonchev–Trinajstić information content (AvgIpc) is 3.80. The van der Waals surface area contributed by atoms with Crippen LogP contribution >= 0.6 is 0 Å². The van der Waals surface area contributed by atoms with Crippen molar-refractivity contribution in [2.45, 2.75) is 90.3 Å². The van der Waals surface area contributed by atoms with E-state index in [4.69, 9.17) is 9.47 Å². The van der Waals surface area contributed by atoms with Crippen molar-refractivity contribution in [2.75, 3.05) is 44.2 Å². The van der Waals surface area contributed by atoms with E-state index >= 15 is 0 Å². The van der Waals surface area contributed by atoms with Gasteiger partial charge in [0.25, 0.3) is 5.91 Å². The molecule has 0 radical (unpaired) electrons. The lowest BCUT2D eigenvalue weighted by Crippen LogP contribution is -2.57. The highest BCUT2D eigenvalue weighted by molar-refractivity contribution is 5.85. The van der Waals surface area contributed by atoms with Crippen molar-refractivity contribution in [1.82, 2.24) is 24.9 Å². The summed E-state index contributed by atoms with van der Waals surface area (Å²) in [5, 5.41) is 6.49. The summed E-state index contributed by atoms with van der Waals surface area (Å²) in [7, 11) is 0. The van der Waals surface area contributed by atoms with Crippen molar-refractivity contribution in [3.8, 4) is 16.9 Å². The fraction of sp³-hybridized carbons (Fsp3) is 0.538. The summed E-state index contributed by atoms with van der Waals surface area (Å²) in [5.74, 6) is -0.207. The van der Waals surface area contributed by atoms with Gasteiger partial charge in [-0.2, -0.15) is 18.3 Å². The number of amides is 3. The number of aromatic nitrogens is 2. The predicted molar refractivity (Wildman–Crippen MR) is 193 cm³/mol. The number of hydrogen-bond donors (Lipinski definition) is 1. The van der Waals surface area contributed by atoms with Crippen LogP contribution in [-0.2, 0) is 27.0 Å². The normalized spacial score (nSPS) is 18.5. The fourth-order valence-electron chi connectivity index (χ4n) is 7.05. The number of rotatable bonds is 9. The molecule has 2 aromatic carbocycles. The Morgan fingerprint density at radius 2 is 1.62 bits per heavy atom. The monoisotopic (exact) mass is 738 g/mol. The molecular formula is C39H49F3N6O5. The fourth-order valence-corrected chi connectivity index (χ4v) is 7.05. The van der Waals surface area contributed by atoms with Crippen molar-refractivity contribution in [3.05, 3.63) is 66.0 Å². The third-order valence-corrected chi connectivity index (χ3v) is 9.92. The van der Waals surface area contributed by atoms with Crippen molar-refractivity contribution in [2.24, 2.45) is 5.92 Å². The zero-order valence-corrected chi connectivity index (χ0v) is 31.0. The van der Waals surface area contributed by atoms with Gasteiger partial charge in [-0.05, 0) is 89.6 Å². The van der Waals surface area contributed by atoms with Crippen LogP contribution in [0.5, 0.6) is 5.75 Å². The van der Waals surface area contributed by atoms with Crippen molar-refractivity contribution in [1.29, 1.82) is 0 Å². The molecule has 3 aliphatic rings. The van der Waals surface area contributed by atoms with Gasteiger partial charge in [-0.25, -0.2) is 4.79 Å². The Labute approximate surface area is 308 Å². The lowest BCUT2D eigenvalue weighted by molar-refractivity contribution is -0.147. The van der Waals surface area contributed by atoms with E-state index in [0.717, 1.165) is 31.0 Å². The summed E-state index contributed by atoms with van der Waals surface area (Å²) in [6.07, 6.45) is 0.962. The molecule has 2 aliphatic heterocycles. The van der Waals surface area contributed by atoms with E-state index in [0.29, 0.717) is 62.6 Å². The van der Waals surface area contributed by atoms with Gasteiger partial charge in [0.15, 0.2) is 5.60 Å². The summed E-state index contributed by atoms with van der Waals surface area (Å²) in [6, 6.07) is 11.6. The Balaban J connectivity index is 1.10. The highest BCUT2D eigenvalue weighted by atomic mass is 19.4. The molecule has 53 heavy (non-hydrogen) atoms. The molecule has 0 unspecified atom stereocenters. The Hall–Kier alpha value is -4.75. The second-order valence-electron chi connectivity index (χ2n) is 15.7. The minimum atomic E-state index is -4.59. The summed E-state index contributed by atoms with van der Waals surface area (Å²) >= 11 is 0. The van der Waals surface area contributed by atoms with Gasteiger partial charge in [0.05, 0.1) is 17.7 Å². The molecule has 2 saturated heterocycles. The molecule has 3 aromatic rings. The molecule has 1 atom stereocenters. The number of alkyl halides is 3. The molecule has 3 heterocycles. The topological polar surface area (TPSA) is 111 Å². The van der Waals surface area contributed by atoms with E-state index in [1.54, 1.807) is 46.9 Å². The number of benzene rings is 2. The van der Waals surface area contributed by atoms with E-state index in [2.05, 4.69) is 15.1 Å². The number of ether oxygens (including phenoxy) is 2. The number of H-pyrrole nitrogens is 1. The molecular weight excluding hydrogens is 689 g/mol. The largest absolute Gasteiger partial charge is 0.478 e. The number of nitrogens with one attached hydrogen (secondary N) is 1. The van der Waals surface area contributed by atoms with Crippen LogP contribution in [0, 0.1) is 5.92 Å². The van der Waals surface area contributed by atoms with Crippen LogP contribution in [0.2, 0.25) is 0 Å². The van der Waals surface area contributed by atoms with Gasteiger partial charge in [0.2, 0.25) is 5.91 Å². The maximum absolute atomic E-state index is 14.3. The maximum atomic E-state index is 14.3. The molecule has 3 amide bonds. The van der Waals surface area contributed by atoms with Crippen LogP contribution < -0.4 is 9.64 Å². The quantitative estimate of drug-likeness (QED) is 0.259. The minimum absolute atomic E-state index is 0.0737. The molecule has 1 aliphatic carbocycles. The highest BCUT2D eigenvalue weighted by Crippen LogP contribution is 2.38. The third kappa shape index (κ3) is 9.25. The standard InChI is InChI=1S/C39H49F3N6O5/c1-37(2,3)53-36(51)46-18-16-45(17-19-46)35(50)38(4,5)52-32-10-6-9-31(21-32)47-15-7-8-28(24-47)34(49)48(30-13-14-30)25-27-12-11-26(29-22-43-44-23-29)20-33(27)39(40,41)42/h6,9-12,20-23,28,30H,7-8,13-19,24-25H2,1-5H3,(H,43,44)/t28-/m1/s1. The van der Waals surface area contributed by atoms with Crippen LogP contribution in [-0.4, -0.2) is 99.3 Å². The van der Waals surface area contributed by atoms with E-state index in [9.17, 15) is 27.6 Å².